The summed E-state index contributed by atoms with van der Waals surface area (Å²) in [5.41, 5.74) is 21.1. The van der Waals surface area contributed by atoms with E-state index < -0.39 is 0 Å². The Labute approximate surface area is 192 Å². The Balaban J connectivity index is 0.000000487. The molecule has 0 atom stereocenters. The zero-order chi connectivity index (χ0) is 23.2. The van der Waals surface area contributed by atoms with E-state index in [1.54, 1.807) is 59.1 Å². The molecule has 0 aromatic carbocycles. The van der Waals surface area contributed by atoms with Crippen molar-refractivity contribution in [3.05, 3.63) is 33.4 Å². The van der Waals surface area contributed by atoms with Gasteiger partial charge in [-0.25, -0.2) is 0 Å². The van der Waals surface area contributed by atoms with E-state index in [1.807, 2.05) is 0 Å². The quantitative estimate of drug-likeness (QED) is 0.140. The van der Waals surface area contributed by atoms with Crippen LogP contribution in [0.3, 0.4) is 0 Å². The number of aromatic nitrogens is 8. The van der Waals surface area contributed by atoms with Gasteiger partial charge in [0.25, 0.3) is 0 Å². The van der Waals surface area contributed by atoms with E-state index in [2.05, 4.69) is 31.4 Å². The molecule has 14 nitrogen and oxygen atoms in total. The zero-order valence-electron chi connectivity index (χ0n) is 18.2. The number of fused-ring (bicyclic) bond motifs is 2. The van der Waals surface area contributed by atoms with Gasteiger partial charge in [0.05, 0.1) is 28.2 Å². The molecule has 0 saturated heterocycles. The molecule has 0 bridgehead atoms. The minimum Gasteiger partial charge on any atom is -0.453 e. The van der Waals surface area contributed by atoms with Gasteiger partial charge in [-0.3, -0.25) is 27.9 Å². The molecule has 0 aliphatic rings. The fourth-order valence-corrected chi connectivity index (χ4v) is 2.73. The van der Waals surface area contributed by atoms with Gasteiger partial charge in [-0.2, -0.15) is 0 Å². The summed E-state index contributed by atoms with van der Waals surface area (Å²) in [4.78, 5) is 37.8. The van der Waals surface area contributed by atoms with Crippen molar-refractivity contribution in [2.24, 2.45) is 39.7 Å². The number of hydrogen-bond donors (Lipinski definition) is 4. The van der Waals surface area contributed by atoms with E-state index in [9.17, 15) is 9.59 Å². The van der Waals surface area contributed by atoms with Crippen LogP contribution in [0.1, 0.15) is 0 Å². The van der Waals surface area contributed by atoms with Crippen LogP contribution in [0.2, 0.25) is 0 Å². The Morgan fingerprint density at radius 3 is 1.35 bits per heavy atom. The smallest absolute Gasteiger partial charge is 0.453 e. The van der Waals surface area contributed by atoms with Gasteiger partial charge in [0.2, 0.25) is 11.1 Å². The molecule has 0 radical (unpaired) electrons. The van der Waals surface area contributed by atoms with E-state index in [0.717, 1.165) is 0 Å². The fraction of sp³-hybridized carbons (Fsp3) is 0.375. The second-order valence-electron chi connectivity index (χ2n) is 5.79. The molecule has 0 fully saturated rings. The van der Waals surface area contributed by atoms with Crippen LogP contribution in [0, 0.1) is 0 Å². The van der Waals surface area contributed by atoms with E-state index >= 15 is 0 Å². The first-order chi connectivity index (χ1) is 14.2. The van der Waals surface area contributed by atoms with Crippen molar-refractivity contribution < 1.29 is 30.2 Å². The molecule has 0 aliphatic heterocycles. The first kappa shape index (κ1) is 27.9. The van der Waals surface area contributed by atoms with Gasteiger partial charge in [-0.15, -0.1) is 0 Å². The van der Waals surface area contributed by atoms with Crippen LogP contribution in [0.15, 0.2) is 22.2 Å². The molecule has 4 aromatic heterocycles. The molecule has 0 saturated carbocycles. The molecule has 15 heteroatoms. The maximum absolute atomic E-state index is 11.4. The SMILES string of the molecule is CN.CN.Cn1c[n+](C)c2nc(N)[n-]c(=O)c21.Cn1c[n+](C)c2nc(N)[n-]c(=O)c21.[Pt+4]. The minimum absolute atomic E-state index is 0. The molecule has 0 spiro atoms. The first-order valence-electron chi connectivity index (χ1n) is 8.65. The minimum atomic E-state index is -0.342. The predicted molar refractivity (Wildman–Crippen MR) is 112 cm³/mol. The second kappa shape index (κ2) is 11.9. The number of nitrogens with two attached hydrogens (primary N) is 4. The van der Waals surface area contributed by atoms with E-state index in [0.29, 0.717) is 22.3 Å². The summed E-state index contributed by atoms with van der Waals surface area (Å²) in [6.45, 7) is 0. The van der Waals surface area contributed by atoms with Crippen LogP contribution >= 0.6 is 0 Å². The second-order valence-corrected chi connectivity index (χ2v) is 5.79. The number of nitrogens with zero attached hydrogens (tertiary/aromatic N) is 8. The molecule has 4 heterocycles. The first-order valence-corrected chi connectivity index (χ1v) is 8.65. The van der Waals surface area contributed by atoms with Gasteiger partial charge in [0.1, 0.15) is 0 Å². The number of aryl methyl sites for hydroxylation is 4. The number of nitrogen functional groups attached to an aromatic ring is 2. The van der Waals surface area contributed by atoms with Gasteiger partial charge in [0.15, 0.2) is 35.0 Å². The van der Waals surface area contributed by atoms with Gasteiger partial charge in [-0.1, -0.05) is 0 Å². The number of imidazole rings is 2. The molecule has 0 unspecified atom stereocenters. The molecule has 8 N–H and O–H groups in total. The summed E-state index contributed by atoms with van der Waals surface area (Å²) < 4.78 is 6.82. The van der Waals surface area contributed by atoms with Crippen molar-refractivity contribution in [1.82, 2.24) is 29.1 Å². The molecule has 0 aliphatic carbocycles. The topological polar surface area (TPSA) is 210 Å². The van der Waals surface area contributed by atoms with Crippen molar-refractivity contribution in [3.8, 4) is 0 Å². The Kier molecular flexibility index (Phi) is 10.7. The maximum atomic E-state index is 11.4. The summed E-state index contributed by atoms with van der Waals surface area (Å²) >= 11 is 0. The Bertz CT molecular complexity index is 1160. The van der Waals surface area contributed by atoms with Gasteiger partial charge in [0, 0.05) is 11.9 Å². The summed E-state index contributed by atoms with van der Waals surface area (Å²) in [5.74, 6) is 0.0265. The standard InChI is InChI=1S/2C7H9N5O.2CH5N.Pt/c2*1-11-3-12(2)5-4(11)6(13)10-7(8)9-5;2*1-2;/h2*3H,1-2H3,(H2-,8,9,10,13);2*2H2,1H3;/q;;;;+4. The van der Waals surface area contributed by atoms with Crippen LogP contribution < -0.4 is 53.2 Å². The third kappa shape index (κ3) is 5.96. The Hall–Kier alpha value is -3.09. The molecule has 31 heavy (non-hydrogen) atoms. The third-order valence-electron chi connectivity index (χ3n) is 3.77. The average Bonchev–Trinajstić information content (AvgIpc) is 3.14. The van der Waals surface area contributed by atoms with Crippen LogP contribution in [-0.4, -0.2) is 33.2 Å². The normalized spacial score (nSPS) is 9.55. The van der Waals surface area contributed by atoms with Crippen LogP contribution in [0.25, 0.3) is 22.3 Å². The summed E-state index contributed by atoms with van der Waals surface area (Å²) in [6.07, 6.45) is 3.50. The summed E-state index contributed by atoms with van der Waals surface area (Å²) in [6, 6.07) is 0. The summed E-state index contributed by atoms with van der Waals surface area (Å²) in [7, 11) is 10.1. The summed E-state index contributed by atoms with van der Waals surface area (Å²) in [5, 5.41) is 0. The van der Waals surface area contributed by atoms with Crippen molar-refractivity contribution in [1.29, 1.82) is 0 Å². The largest absolute Gasteiger partial charge is 4.00 e. The Morgan fingerprint density at radius 1 is 0.774 bits per heavy atom. The van der Waals surface area contributed by atoms with Crippen molar-refractivity contribution >= 4 is 34.2 Å². The zero-order valence-corrected chi connectivity index (χ0v) is 20.4. The van der Waals surface area contributed by atoms with Crippen LogP contribution in [0.4, 0.5) is 11.9 Å². The van der Waals surface area contributed by atoms with Crippen LogP contribution in [0.5, 0.6) is 0 Å². The van der Waals surface area contributed by atoms with Gasteiger partial charge in [-0.05, 0) is 14.1 Å². The van der Waals surface area contributed by atoms with E-state index in [4.69, 9.17) is 11.5 Å². The molecular formula is C16H28N12O2Pt+4. The Morgan fingerprint density at radius 2 is 1.06 bits per heavy atom. The van der Waals surface area contributed by atoms with Crippen molar-refractivity contribution in [2.75, 3.05) is 25.6 Å². The van der Waals surface area contributed by atoms with Gasteiger partial charge >= 0.3 is 21.1 Å². The average molecular weight is 616 g/mol. The molecular weight excluding hydrogens is 587 g/mol. The van der Waals surface area contributed by atoms with Crippen molar-refractivity contribution in [3.63, 3.8) is 0 Å². The molecule has 0 amide bonds. The van der Waals surface area contributed by atoms with Crippen LogP contribution in [-0.2, 0) is 49.3 Å². The fourth-order valence-electron chi connectivity index (χ4n) is 2.73. The maximum Gasteiger partial charge on any atom is 4.00 e. The van der Waals surface area contributed by atoms with Gasteiger partial charge < -0.3 is 42.9 Å². The number of rotatable bonds is 0. The monoisotopic (exact) mass is 615 g/mol. The number of hydrogen-bond acceptors (Lipinski definition) is 8. The third-order valence-corrected chi connectivity index (χ3v) is 3.77. The van der Waals surface area contributed by atoms with E-state index in [-0.39, 0.29) is 44.1 Å². The van der Waals surface area contributed by atoms with Crippen molar-refractivity contribution in [2.45, 2.75) is 0 Å². The molecule has 4 rings (SSSR count). The van der Waals surface area contributed by atoms with E-state index in [1.165, 1.54) is 14.1 Å². The predicted octanol–water partition coefficient (Wildman–Crippen LogP) is -4.26. The molecule has 4 aromatic rings. The number of anilines is 2. The molecule has 170 valence electrons.